The lowest BCUT2D eigenvalue weighted by Crippen LogP contribution is -2.46. The number of halogens is 1. The van der Waals surface area contributed by atoms with E-state index in [1.54, 1.807) is 17.0 Å². The first-order valence-corrected chi connectivity index (χ1v) is 11.5. The summed E-state index contributed by atoms with van der Waals surface area (Å²) < 4.78 is 6.43. The molecule has 0 radical (unpaired) electrons. The van der Waals surface area contributed by atoms with Crippen LogP contribution in [0.5, 0.6) is 0 Å². The van der Waals surface area contributed by atoms with Gasteiger partial charge in [0, 0.05) is 28.5 Å². The van der Waals surface area contributed by atoms with Crippen LogP contribution in [0.1, 0.15) is 42.7 Å². The van der Waals surface area contributed by atoms with E-state index in [2.05, 4.69) is 26.6 Å². The molecule has 1 atom stereocenters. The maximum absolute atomic E-state index is 12.9. The maximum Gasteiger partial charge on any atom is 0.338 e. The van der Waals surface area contributed by atoms with Crippen LogP contribution in [0.25, 0.3) is 0 Å². The van der Waals surface area contributed by atoms with E-state index in [-0.39, 0.29) is 17.8 Å². The smallest absolute Gasteiger partial charge is 0.338 e. The first-order valence-electron chi connectivity index (χ1n) is 10.3. The van der Waals surface area contributed by atoms with E-state index in [9.17, 15) is 9.59 Å². The molecule has 168 valence electrons. The van der Waals surface area contributed by atoms with Gasteiger partial charge in [-0.05, 0) is 67.0 Å². The van der Waals surface area contributed by atoms with Crippen LogP contribution in [0.15, 0.2) is 64.3 Å². The third kappa shape index (κ3) is 5.55. The molecule has 2 aromatic carbocycles. The van der Waals surface area contributed by atoms with Crippen molar-refractivity contribution in [1.29, 1.82) is 0 Å². The first-order chi connectivity index (χ1) is 15.2. The molecule has 32 heavy (non-hydrogen) atoms. The molecule has 0 saturated carbocycles. The van der Waals surface area contributed by atoms with Gasteiger partial charge < -0.3 is 20.3 Å². The summed E-state index contributed by atoms with van der Waals surface area (Å²) in [5, 5.41) is 6.64. The SMILES string of the molecule is CC1=C(C(=O)OCC(C)C)C(c2ccc(NC(=O)c3ccc(Br)cc3)cc2)NC(=S)N1C. The molecule has 0 aromatic heterocycles. The molecule has 6 nitrogen and oxygen atoms in total. The Bertz CT molecular complexity index is 1050. The molecule has 8 heteroatoms. The fourth-order valence-electron chi connectivity index (χ4n) is 3.23. The van der Waals surface area contributed by atoms with Crippen LogP contribution >= 0.6 is 28.1 Å². The van der Waals surface area contributed by atoms with Gasteiger partial charge in [0.05, 0.1) is 18.2 Å². The zero-order valence-electron chi connectivity index (χ0n) is 18.4. The lowest BCUT2D eigenvalue weighted by Gasteiger charge is -2.35. The number of amides is 1. The molecule has 0 fully saturated rings. The van der Waals surface area contributed by atoms with Crippen LogP contribution in [-0.2, 0) is 9.53 Å². The second-order valence-electron chi connectivity index (χ2n) is 8.02. The van der Waals surface area contributed by atoms with Gasteiger partial charge in [-0.15, -0.1) is 0 Å². The molecule has 1 heterocycles. The van der Waals surface area contributed by atoms with E-state index in [0.717, 1.165) is 15.7 Å². The van der Waals surface area contributed by atoms with E-state index < -0.39 is 6.04 Å². The fraction of sp³-hybridized carbons (Fsp3) is 0.292. The molecule has 1 aliphatic rings. The number of allylic oxidation sites excluding steroid dienone is 1. The molecule has 0 aliphatic carbocycles. The summed E-state index contributed by atoms with van der Waals surface area (Å²) in [7, 11) is 1.82. The molecule has 0 bridgehead atoms. The van der Waals surface area contributed by atoms with Gasteiger partial charge in [-0.1, -0.05) is 41.9 Å². The van der Waals surface area contributed by atoms with Crippen molar-refractivity contribution in [3.05, 3.63) is 75.4 Å². The Hall–Kier alpha value is -2.71. The van der Waals surface area contributed by atoms with E-state index >= 15 is 0 Å². The zero-order valence-corrected chi connectivity index (χ0v) is 20.8. The molecule has 3 rings (SSSR count). The normalized spacial score (nSPS) is 16.1. The van der Waals surface area contributed by atoms with Gasteiger partial charge >= 0.3 is 5.97 Å². The number of anilines is 1. The number of carbonyl (C=O) groups excluding carboxylic acids is 2. The lowest BCUT2D eigenvalue weighted by atomic mass is 9.95. The van der Waals surface area contributed by atoms with Crippen molar-refractivity contribution >= 4 is 50.8 Å². The van der Waals surface area contributed by atoms with Crippen LogP contribution in [0.3, 0.4) is 0 Å². The van der Waals surface area contributed by atoms with Crippen LogP contribution in [0.2, 0.25) is 0 Å². The minimum atomic E-state index is -0.436. The number of rotatable bonds is 6. The van der Waals surface area contributed by atoms with Crippen LogP contribution in [0, 0.1) is 5.92 Å². The number of ether oxygens (including phenoxy) is 1. The van der Waals surface area contributed by atoms with Crippen molar-refractivity contribution in [2.45, 2.75) is 26.8 Å². The summed E-state index contributed by atoms with van der Waals surface area (Å²) in [5.41, 5.74) is 3.33. The number of hydrogen-bond acceptors (Lipinski definition) is 4. The maximum atomic E-state index is 12.9. The van der Waals surface area contributed by atoms with Crippen molar-refractivity contribution in [3.8, 4) is 0 Å². The number of hydrogen-bond donors (Lipinski definition) is 2. The van der Waals surface area contributed by atoms with Gasteiger partial charge in [0.25, 0.3) is 5.91 Å². The Kier molecular flexibility index (Phi) is 7.69. The van der Waals surface area contributed by atoms with Crippen molar-refractivity contribution in [1.82, 2.24) is 10.2 Å². The first kappa shape index (κ1) is 23.9. The molecule has 0 spiro atoms. The van der Waals surface area contributed by atoms with Crippen molar-refractivity contribution in [3.63, 3.8) is 0 Å². The number of benzene rings is 2. The largest absolute Gasteiger partial charge is 0.462 e. The van der Waals surface area contributed by atoms with Gasteiger partial charge in [-0.3, -0.25) is 4.79 Å². The highest BCUT2D eigenvalue weighted by Gasteiger charge is 2.33. The Morgan fingerprint density at radius 2 is 1.78 bits per heavy atom. The molecule has 2 aromatic rings. The lowest BCUT2D eigenvalue weighted by molar-refractivity contribution is -0.140. The summed E-state index contributed by atoms with van der Waals surface area (Å²) in [6, 6.07) is 14.1. The highest BCUT2D eigenvalue weighted by molar-refractivity contribution is 9.10. The highest BCUT2D eigenvalue weighted by atomic mass is 79.9. The quantitative estimate of drug-likeness (QED) is 0.415. The average molecular weight is 516 g/mol. The topological polar surface area (TPSA) is 70.7 Å². The second-order valence-corrected chi connectivity index (χ2v) is 9.32. The van der Waals surface area contributed by atoms with Crippen LogP contribution < -0.4 is 10.6 Å². The average Bonchev–Trinajstić information content (AvgIpc) is 2.76. The summed E-state index contributed by atoms with van der Waals surface area (Å²) in [6.45, 7) is 6.19. The van der Waals surface area contributed by atoms with Gasteiger partial charge in [0.2, 0.25) is 0 Å². The Morgan fingerprint density at radius 1 is 1.16 bits per heavy atom. The Labute approximate surface area is 202 Å². The number of thiocarbonyl (C=S) groups is 1. The monoisotopic (exact) mass is 515 g/mol. The third-order valence-electron chi connectivity index (χ3n) is 5.13. The minimum absolute atomic E-state index is 0.197. The number of carbonyl (C=O) groups is 2. The van der Waals surface area contributed by atoms with Gasteiger partial charge in [0.15, 0.2) is 5.11 Å². The predicted molar refractivity (Wildman–Crippen MR) is 133 cm³/mol. The summed E-state index contributed by atoms with van der Waals surface area (Å²) in [5.74, 6) is -0.324. The van der Waals surface area contributed by atoms with Crippen LogP contribution in [0.4, 0.5) is 5.69 Å². The minimum Gasteiger partial charge on any atom is -0.462 e. The van der Waals surface area contributed by atoms with Crippen molar-refractivity contribution in [2.24, 2.45) is 5.92 Å². The van der Waals surface area contributed by atoms with Gasteiger partial charge in [-0.2, -0.15) is 0 Å². The van der Waals surface area contributed by atoms with Gasteiger partial charge in [0.1, 0.15) is 0 Å². The summed E-state index contributed by atoms with van der Waals surface area (Å²) >= 11 is 8.81. The number of esters is 1. The summed E-state index contributed by atoms with van der Waals surface area (Å²) in [6.07, 6.45) is 0. The molecule has 2 N–H and O–H groups in total. The molecule has 1 aliphatic heterocycles. The van der Waals surface area contributed by atoms with E-state index in [1.807, 2.05) is 64.2 Å². The molecule has 1 unspecified atom stereocenters. The Morgan fingerprint density at radius 3 is 2.38 bits per heavy atom. The van der Waals surface area contributed by atoms with Crippen molar-refractivity contribution in [2.75, 3.05) is 19.0 Å². The van der Waals surface area contributed by atoms with Crippen molar-refractivity contribution < 1.29 is 14.3 Å². The Balaban J connectivity index is 1.81. The second kappa shape index (κ2) is 10.3. The molecule has 0 saturated heterocycles. The van der Waals surface area contributed by atoms with E-state index in [0.29, 0.717) is 28.5 Å². The van der Waals surface area contributed by atoms with Crippen LogP contribution in [-0.4, -0.2) is 35.5 Å². The fourth-order valence-corrected chi connectivity index (χ4v) is 3.75. The van der Waals surface area contributed by atoms with E-state index in [4.69, 9.17) is 17.0 Å². The molecular formula is C24H26BrN3O3S. The highest BCUT2D eigenvalue weighted by Crippen LogP contribution is 2.31. The van der Waals surface area contributed by atoms with E-state index in [1.165, 1.54) is 0 Å². The molecule has 1 amide bonds. The van der Waals surface area contributed by atoms with Gasteiger partial charge in [-0.25, -0.2) is 4.79 Å². The number of nitrogens with one attached hydrogen (secondary N) is 2. The standard InChI is InChI=1S/C24H26BrN3O3S/c1-14(2)13-31-23(30)20-15(3)28(4)24(32)27-21(20)16-7-11-19(12-8-16)26-22(29)17-5-9-18(25)10-6-17/h5-12,14,21H,13H2,1-4H3,(H,26,29)(H,27,32). The zero-order chi connectivity index (χ0) is 23.4. The summed E-state index contributed by atoms with van der Waals surface area (Å²) in [4.78, 5) is 27.1. The molecular weight excluding hydrogens is 490 g/mol. The third-order valence-corrected chi connectivity index (χ3v) is 6.05. The number of nitrogens with zero attached hydrogens (tertiary/aromatic N) is 1. The predicted octanol–water partition coefficient (Wildman–Crippen LogP) is 5.04.